The van der Waals surface area contributed by atoms with Gasteiger partial charge in [-0.25, -0.2) is 24.9 Å². The van der Waals surface area contributed by atoms with Gasteiger partial charge in [0.25, 0.3) is 0 Å². The Morgan fingerprint density at radius 2 is 1.93 bits per heavy atom. The second-order valence-electron chi connectivity index (χ2n) is 2.79. The molecule has 0 radical (unpaired) electrons. The van der Waals surface area contributed by atoms with Crippen molar-refractivity contribution in [1.29, 1.82) is 0 Å². The number of aromatic nitrogens is 7. The molecule has 0 fully saturated rings. The third kappa shape index (κ3) is 1.30. The summed E-state index contributed by atoms with van der Waals surface area (Å²) < 4.78 is 0. The molecule has 0 aliphatic carbocycles. The predicted molar refractivity (Wildman–Crippen MR) is 50.5 cm³/mol. The van der Waals surface area contributed by atoms with Crippen LogP contribution in [0.3, 0.4) is 0 Å². The van der Waals surface area contributed by atoms with E-state index in [4.69, 9.17) is 0 Å². The SMILES string of the molecule is c1n[nH]c(-c2ncc3nccnc3n2)n1. The van der Waals surface area contributed by atoms with Crippen molar-refractivity contribution in [1.82, 2.24) is 35.1 Å². The molecule has 3 heterocycles. The monoisotopic (exact) mass is 199 g/mol. The maximum atomic E-state index is 4.20. The molecular weight excluding hydrogens is 194 g/mol. The minimum Gasteiger partial charge on any atom is -0.257 e. The number of nitrogens with zero attached hydrogens (tertiary/aromatic N) is 6. The maximum Gasteiger partial charge on any atom is 0.199 e. The van der Waals surface area contributed by atoms with Crippen molar-refractivity contribution in [3.05, 3.63) is 24.9 Å². The molecule has 15 heavy (non-hydrogen) atoms. The third-order valence-electron chi connectivity index (χ3n) is 1.85. The number of nitrogens with one attached hydrogen (secondary N) is 1. The second kappa shape index (κ2) is 3.05. The normalized spacial score (nSPS) is 10.7. The van der Waals surface area contributed by atoms with Gasteiger partial charge in [0.1, 0.15) is 11.8 Å². The zero-order chi connectivity index (χ0) is 10.1. The molecule has 0 saturated heterocycles. The molecule has 3 rings (SSSR count). The van der Waals surface area contributed by atoms with E-state index in [9.17, 15) is 0 Å². The highest BCUT2D eigenvalue weighted by Gasteiger charge is 2.05. The lowest BCUT2D eigenvalue weighted by Gasteiger charge is -1.96. The van der Waals surface area contributed by atoms with Gasteiger partial charge in [-0.3, -0.25) is 5.10 Å². The standard InChI is InChI=1S/C8H5N7/c1-2-10-6-5(9-1)3-11-7(14-6)8-12-4-13-15-8/h1-4H,(H,12,13,15). The topological polar surface area (TPSA) is 93.1 Å². The first-order valence-corrected chi connectivity index (χ1v) is 4.23. The minimum atomic E-state index is 0.459. The van der Waals surface area contributed by atoms with Crippen LogP contribution >= 0.6 is 0 Å². The van der Waals surface area contributed by atoms with E-state index in [-0.39, 0.29) is 0 Å². The summed E-state index contributed by atoms with van der Waals surface area (Å²) >= 11 is 0. The van der Waals surface area contributed by atoms with Gasteiger partial charge in [0, 0.05) is 12.4 Å². The van der Waals surface area contributed by atoms with Crippen molar-refractivity contribution >= 4 is 11.2 Å². The number of hydrogen-bond acceptors (Lipinski definition) is 6. The highest BCUT2D eigenvalue weighted by Crippen LogP contribution is 2.10. The van der Waals surface area contributed by atoms with Gasteiger partial charge < -0.3 is 0 Å². The van der Waals surface area contributed by atoms with Crippen LogP contribution in [-0.4, -0.2) is 35.1 Å². The zero-order valence-corrected chi connectivity index (χ0v) is 7.49. The van der Waals surface area contributed by atoms with E-state index in [0.29, 0.717) is 22.8 Å². The van der Waals surface area contributed by atoms with Crippen LogP contribution in [0.1, 0.15) is 0 Å². The van der Waals surface area contributed by atoms with Crippen molar-refractivity contribution in [3.63, 3.8) is 0 Å². The lowest BCUT2D eigenvalue weighted by molar-refractivity contribution is 1.06. The Hall–Kier alpha value is -2.44. The molecule has 0 unspecified atom stereocenters. The predicted octanol–water partition coefficient (Wildman–Crippen LogP) is 0.205. The van der Waals surface area contributed by atoms with Crippen molar-refractivity contribution in [2.75, 3.05) is 0 Å². The molecule has 7 heteroatoms. The summed E-state index contributed by atoms with van der Waals surface area (Å²) in [5.41, 5.74) is 1.19. The van der Waals surface area contributed by atoms with Crippen LogP contribution in [0, 0.1) is 0 Å². The minimum absolute atomic E-state index is 0.459. The van der Waals surface area contributed by atoms with Gasteiger partial charge in [-0.05, 0) is 0 Å². The summed E-state index contributed by atoms with van der Waals surface area (Å²) in [6.07, 6.45) is 6.19. The Kier molecular flexibility index (Phi) is 1.61. The summed E-state index contributed by atoms with van der Waals surface area (Å²) in [5, 5.41) is 6.41. The summed E-state index contributed by atoms with van der Waals surface area (Å²) in [7, 11) is 0. The summed E-state index contributed by atoms with van der Waals surface area (Å²) in [4.78, 5) is 20.4. The Labute approximate surface area is 83.7 Å². The number of fused-ring (bicyclic) bond motifs is 1. The molecule has 0 aromatic carbocycles. The number of H-pyrrole nitrogens is 1. The van der Waals surface area contributed by atoms with E-state index in [2.05, 4.69) is 35.1 Å². The molecule has 0 bridgehead atoms. The molecule has 3 aromatic heterocycles. The van der Waals surface area contributed by atoms with Gasteiger partial charge in [0.15, 0.2) is 17.3 Å². The first-order valence-electron chi connectivity index (χ1n) is 4.23. The van der Waals surface area contributed by atoms with Gasteiger partial charge in [0.2, 0.25) is 0 Å². The van der Waals surface area contributed by atoms with Crippen LogP contribution in [0.2, 0.25) is 0 Å². The van der Waals surface area contributed by atoms with Crippen LogP contribution in [0.15, 0.2) is 24.9 Å². The molecule has 0 spiro atoms. The lowest BCUT2D eigenvalue weighted by Crippen LogP contribution is -1.94. The fourth-order valence-corrected chi connectivity index (χ4v) is 1.20. The van der Waals surface area contributed by atoms with Crippen LogP contribution < -0.4 is 0 Å². The average molecular weight is 199 g/mol. The van der Waals surface area contributed by atoms with Crippen LogP contribution in [-0.2, 0) is 0 Å². The van der Waals surface area contributed by atoms with Crippen LogP contribution in [0.4, 0.5) is 0 Å². The Morgan fingerprint density at radius 1 is 1.00 bits per heavy atom. The largest absolute Gasteiger partial charge is 0.257 e. The van der Waals surface area contributed by atoms with Gasteiger partial charge >= 0.3 is 0 Å². The molecule has 7 nitrogen and oxygen atoms in total. The van der Waals surface area contributed by atoms with Crippen LogP contribution in [0.25, 0.3) is 22.8 Å². The molecule has 0 aliphatic heterocycles. The van der Waals surface area contributed by atoms with E-state index in [1.54, 1.807) is 18.6 Å². The van der Waals surface area contributed by atoms with Crippen molar-refractivity contribution in [2.24, 2.45) is 0 Å². The number of hydrogen-bond donors (Lipinski definition) is 1. The number of aromatic amines is 1. The van der Waals surface area contributed by atoms with Crippen molar-refractivity contribution in [3.8, 4) is 11.6 Å². The van der Waals surface area contributed by atoms with E-state index >= 15 is 0 Å². The summed E-state index contributed by atoms with van der Waals surface area (Å²) in [5.74, 6) is 0.975. The molecule has 0 amide bonds. The molecule has 1 N–H and O–H groups in total. The van der Waals surface area contributed by atoms with E-state index in [1.165, 1.54) is 6.33 Å². The fourth-order valence-electron chi connectivity index (χ4n) is 1.20. The van der Waals surface area contributed by atoms with Gasteiger partial charge in [-0.15, -0.1) is 0 Å². The Balaban J connectivity index is 2.22. The Morgan fingerprint density at radius 3 is 2.80 bits per heavy atom. The fraction of sp³-hybridized carbons (Fsp3) is 0. The summed E-state index contributed by atoms with van der Waals surface area (Å²) in [6.45, 7) is 0. The van der Waals surface area contributed by atoms with Crippen molar-refractivity contribution in [2.45, 2.75) is 0 Å². The first kappa shape index (κ1) is 7.92. The maximum absolute atomic E-state index is 4.20. The molecule has 0 saturated carbocycles. The summed E-state index contributed by atoms with van der Waals surface area (Å²) in [6, 6.07) is 0. The van der Waals surface area contributed by atoms with Gasteiger partial charge in [-0.1, -0.05) is 0 Å². The van der Waals surface area contributed by atoms with E-state index in [1.807, 2.05) is 0 Å². The molecule has 0 aliphatic rings. The molecule has 3 aromatic rings. The highest BCUT2D eigenvalue weighted by atomic mass is 15.2. The highest BCUT2D eigenvalue weighted by molar-refractivity contribution is 5.69. The van der Waals surface area contributed by atoms with Gasteiger partial charge in [0.05, 0.1) is 6.20 Å². The quantitative estimate of drug-likeness (QED) is 0.601. The van der Waals surface area contributed by atoms with E-state index < -0.39 is 0 Å². The van der Waals surface area contributed by atoms with Gasteiger partial charge in [-0.2, -0.15) is 5.10 Å². The first-order chi connectivity index (χ1) is 7.43. The third-order valence-corrected chi connectivity index (χ3v) is 1.85. The lowest BCUT2D eigenvalue weighted by atomic mass is 10.5. The van der Waals surface area contributed by atoms with E-state index in [0.717, 1.165) is 0 Å². The molecule has 72 valence electrons. The molecular formula is C8H5N7. The molecule has 0 atom stereocenters. The number of rotatable bonds is 1. The Bertz CT molecular complexity index is 589. The smallest absolute Gasteiger partial charge is 0.199 e. The second-order valence-corrected chi connectivity index (χ2v) is 2.79. The van der Waals surface area contributed by atoms with Crippen LogP contribution in [0.5, 0.6) is 0 Å². The zero-order valence-electron chi connectivity index (χ0n) is 7.49. The van der Waals surface area contributed by atoms with Crippen molar-refractivity contribution < 1.29 is 0 Å². The average Bonchev–Trinajstić information content (AvgIpc) is 2.82.